The van der Waals surface area contributed by atoms with Gasteiger partial charge in [0.1, 0.15) is 5.82 Å². The average Bonchev–Trinajstić information content (AvgIpc) is 2.65. The summed E-state index contributed by atoms with van der Waals surface area (Å²) < 4.78 is 36.1. The summed E-state index contributed by atoms with van der Waals surface area (Å²) in [6.07, 6.45) is 2.82. The molecule has 0 saturated heterocycles. The molecule has 0 spiro atoms. The zero-order chi connectivity index (χ0) is 21.6. The molecule has 0 aliphatic carbocycles. The lowest BCUT2D eigenvalue weighted by molar-refractivity contribution is -0.114. The van der Waals surface area contributed by atoms with E-state index in [0.717, 1.165) is 6.92 Å². The monoisotopic (exact) mass is 408 g/mol. The van der Waals surface area contributed by atoms with E-state index in [4.69, 9.17) is 9.47 Å². The van der Waals surface area contributed by atoms with Gasteiger partial charge in [0.05, 0.1) is 13.2 Å². The zero-order valence-corrected chi connectivity index (χ0v) is 16.5. The summed E-state index contributed by atoms with van der Waals surface area (Å²) in [5.74, 6) is -3.33. The normalized spacial score (nSPS) is 12.1. The minimum atomic E-state index is -3.01. The second-order valence-corrected chi connectivity index (χ2v) is 6.44. The number of halogens is 2. The maximum Gasteiger partial charge on any atom is 0.278 e. The molecule has 10 heteroatoms. The number of hydrogen-bond donors (Lipinski definition) is 2. The van der Waals surface area contributed by atoms with E-state index in [2.05, 4.69) is 20.6 Å². The number of amides is 2. The Morgan fingerprint density at radius 3 is 2.62 bits per heavy atom. The molecule has 0 fully saturated rings. The third-order valence-corrected chi connectivity index (χ3v) is 3.70. The summed E-state index contributed by atoms with van der Waals surface area (Å²) in [5, 5.41) is 5.29. The Morgan fingerprint density at radius 2 is 2.00 bits per heavy atom. The van der Waals surface area contributed by atoms with E-state index in [0.29, 0.717) is 11.1 Å². The van der Waals surface area contributed by atoms with Gasteiger partial charge in [-0.15, -0.1) is 0 Å². The van der Waals surface area contributed by atoms with Crippen LogP contribution >= 0.6 is 0 Å². The number of alkyl halides is 2. The molecule has 1 atom stereocenters. The van der Waals surface area contributed by atoms with Crippen LogP contribution in [0, 0.1) is 0 Å². The van der Waals surface area contributed by atoms with Crippen LogP contribution in [0.15, 0.2) is 30.6 Å². The Bertz CT molecular complexity index is 887. The van der Waals surface area contributed by atoms with Crippen molar-refractivity contribution < 1.29 is 27.8 Å². The molecule has 29 heavy (non-hydrogen) atoms. The van der Waals surface area contributed by atoms with Gasteiger partial charge in [0.25, 0.3) is 17.7 Å². The van der Waals surface area contributed by atoms with Crippen molar-refractivity contribution in [3.05, 3.63) is 41.7 Å². The summed E-state index contributed by atoms with van der Waals surface area (Å²) in [6, 6.07) is 4.04. The van der Waals surface area contributed by atoms with Gasteiger partial charge in [0.2, 0.25) is 5.91 Å². The lowest BCUT2D eigenvalue weighted by atomic mass is 10.1. The quantitative estimate of drug-likeness (QED) is 0.696. The number of methoxy groups -OCH3 is 1. The van der Waals surface area contributed by atoms with Crippen LogP contribution in [-0.2, 0) is 4.79 Å². The van der Waals surface area contributed by atoms with E-state index in [-0.39, 0.29) is 23.4 Å². The van der Waals surface area contributed by atoms with E-state index >= 15 is 0 Å². The first-order chi connectivity index (χ1) is 13.6. The molecular weight excluding hydrogens is 386 g/mol. The minimum absolute atomic E-state index is 0.0645. The summed E-state index contributed by atoms with van der Waals surface area (Å²) in [7, 11) is 1.36. The second kappa shape index (κ2) is 9.26. The van der Waals surface area contributed by atoms with Crippen molar-refractivity contribution in [2.24, 2.45) is 0 Å². The van der Waals surface area contributed by atoms with Crippen LogP contribution in [0.2, 0.25) is 0 Å². The highest BCUT2D eigenvalue weighted by Crippen LogP contribution is 2.29. The van der Waals surface area contributed by atoms with Gasteiger partial charge in [-0.2, -0.15) is 0 Å². The molecule has 2 aromatic rings. The van der Waals surface area contributed by atoms with E-state index < -0.39 is 24.5 Å². The Hall–Kier alpha value is -3.30. The maximum absolute atomic E-state index is 13.0. The standard InChI is InChI=1S/C19H22F2N4O4/c1-11(24-17(27)13-5-6-22-16(8-13)25-12(2)26)14-7-15(28-4)18(23-9-14)29-10-19(3,20)21/h5-9,11H,10H2,1-4H3,(H,24,27)(H,22,25,26). The van der Waals surface area contributed by atoms with E-state index in [1.54, 1.807) is 13.0 Å². The van der Waals surface area contributed by atoms with Gasteiger partial charge in [-0.25, -0.2) is 18.7 Å². The number of hydrogen-bond acceptors (Lipinski definition) is 6. The van der Waals surface area contributed by atoms with Crippen LogP contribution in [0.5, 0.6) is 11.6 Å². The second-order valence-electron chi connectivity index (χ2n) is 6.44. The molecule has 0 aliphatic rings. The molecule has 2 rings (SSSR count). The summed E-state index contributed by atoms with van der Waals surface area (Å²) >= 11 is 0. The highest BCUT2D eigenvalue weighted by molar-refractivity contribution is 5.96. The van der Waals surface area contributed by atoms with Crippen LogP contribution in [0.25, 0.3) is 0 Å². The number of nitrogens with zero attached hydrogens (tertiary/aromatic N) is 2. The van der Waals surface area contributed by atoms with Crippen LogP contribution in [0.4, 0.5) is 14.6 Å². The van der Waals surface area contributed by atoms with Crippen molar-refractivity contribution >= 4 is 17.6 Å². The van der Waals surface area contributed by atoms with Crippen molar-refractivity contribution in [1.82, 2.24) is 15.3 Å². The average molecular weight is 408 g/mol. The van der Waals surface area contributed by atoms with Crippen molar-refractivity contribution in [1.29, 1.82) is 0 Å². The molecule has 1 unspecified atom stereocenters. The fourth-order valence-electron chi connectivity index (χ4n) is 2.32. The smallest absolute Gasteiger partial charge is 0.278 e. The Labute approximate surface area is 166 Å². The topological polar surface area (TPSA) is 102 Å². The SMILES string of the molecule is COc1cc(C(C)NC(=O)c2ccnc(NC(C)=O)c2)cnc1OCC(C)(F)F. The highest BCUT2D eigenvalue weighted by Gasteiger charge is 2.24. The first-order valence-corrected chi connectivity index (χ1v) is 8.68. The lowest BCUT2D eigenvalue weighted by Crippen LogP contribution is -2.27. The number of rotatable bonds is 8. The Morgan fingerprint density at radius 1 is 1.28 bits per heavy atom. The van der Waals surface area contributed by atoms with Crippen molar-refractivity contribution in [2.45, 2.75) is 32.7 Å². The first-order valence-electron chi connectivity index (χ1n) is 8.68. The number of nitrogens with one attached hydrogen (secondary N) is 2. The fourth-order valence-corrected chi connectivity index (χ4v) is 2.32. The zero-order valence-electron chi connectivity index (χ0n) is 16.5. The van der Waals surface area contributed by atoms with Gasteiger partial charge >= 0.3 is 0 Å². The molecule has 0 radical (unpaired) electrons. The van der Waals surface area contributed by atoms with E-state index in [1.807, 2.05) is 0 Å². The lowest BCUT2D eigenvalue weighted by Gasteiger charge is -2.17. The number of carbonyl (C=O) groups is 2. The molecule has 156 valence electrons. The van der Waals surface area contributed by atoms with Crippen LogP contribution in [0.1, 0.15) is 42.7 Å². The number of anilines is 1. The van der Waals surface area contributed by atoms with Gasteiger partial charge < -0.3 is 20.1 Å². The molecule has 2 amide bonds. The molecule has 2 heterocycles. The highest BCUT2D eigenvalue weighted by atomic mass is 19.3. The number of carbonyl (C=O) groups excluding carboxylic acids is 2. The predicted octanol–water partition coefficient (Wildman–Crippen LogP) is 2.97. The number of aromatic nitrogens is 2. The minimum Gasteiger partial charge on any atom is -0.491 e. The molecule has 8 nitrogen and oxygen atoms in total. The molecule has 0 bridgehead atoms. The van der Waals surface area contributed by atoms with Gasteiger partial charge in [-0.05, 0) is 30.7 Å². The van der Waals surface area contributed by atoms with Crippen molar-refractivity contribution in [3.8, 4) is 11.6 Å². The Kier molecular flexibility index (Phi) is 7.03. The van der Waals surface area contributed by atoms with Gasteiger partial charge in [-0.3, -0.25) is 9.59 Å². The van der Waals surface area contributed by atoms with Crippen molar-refractivity contribution in [3.63, 3.8) is 0 Å². The van der Waals surface area contributed by atoms with E-state index in [1.165, 1.54) is 38.6 Å². The van der Waals surface area contributed by atoms with Crippen LogP contribution in [0.3, 0.4) is 0 Å². The Balaban J connectivity index is 2.11. The molecule has 0 aliphatic heterocycles. The van der Waals surface area contributed by atoms with Crippen molar-refractivity contribution in [2.75, 3.05) is 19.0 Å². The first kappa shape index (κ1) is 22.0. The molecule has 2 N–H and O–H groups in total. The third kappa shape index (κ3) is 6.66. The van der Waals surface area contributed by atoms with Gasteiger partial charge in [-0.1, -0.05) is 0 Å². The maximum atomic E-state index is 13.0. The molecule has 0 aromatic carbocycles. The largest absolute Gasteiger partial charge is 0.491 e. The third-order valence-electron chi connectivity index (χ3n) is 3.70. The number of ether oxygens (including phenoxy) is 2. The van der Waals surface area contributed by atoms with Crippen LogP contribution < -0.4 is 20.1 Å². The summed E-state index contributed by atoms with van der Waals surface area (Å²) in [5.41, 5.74) is 0.891. The van der Waals surface area contributed by atoms with Gasteiger partial charge in [0.15, 0.2) is 12.4 Å². The van der Waals surface area contributed by atoms with Crippen LogP contribution in [-0.4, -0.2) is 41.4 Å². The number of pyridine rings is 2. The summed E-state index contributed by atoms with van der Waals surface area (Å²) in [6.45, 7) is 2.97. The molecule has 2 aromatic heterocycles. The molecule has 0 saturated carbocycles. The fraction of sp³-hybridized carbons (Fsp3) is 0.368. The summed E-state index contributed by atoms with van der Waals surface area (Å²) in [4.78, 5) is 31.6. The van der Waals surface area contributed by atoms with Gasteiger partial charge in [0, 0.05) is 31.8 Å². The predicted molar refractivity (Wildman–Crippen MR) is 101 cm³/mol. The molecular formula is C19H22F2N4O4. The van der Waals surface area contributed by atoms with E-state index in [9.17, 15) is 18.4 Å².